The zero-order chi connectivity index (χ0) is 9.80. The number of halogens is 2. The van der Waals surface area contributed by atoms with Crippen LogP contribution in [-0.2, 0) is 0 Å². The highest BCUT2D eigenvalue weighted by Gasteiger charge is 2.12. The van der Waals surface area contributed by atoms with Gasteiger partial charge in [0.1, 0.15) is 5.82 Å². The zero-order valence-electron chi connectivity index (χ0n) is 8.24. The molecule has 15 heavy (non-hydrogen) atoms. The van der Waals surface area contributed by atoms with Crippen molar-refractivity contribution in [3.8, 4) is 0 Å². The van der Waals surface area contributed by atoms with Gasteiger partial charge in [-0.1, -0.05) is 11.6 Å². The third-order valence-electron chi connectivity index (χ3n) is 2.28. The van der Waals surface area contributed by atoms with E-state index in [9.17, 15) is 0 Å². The second-order valence-electron chi connectivity index (χ2n) is 3.43. The normalized spacial score (nSPS) is 20.5. The molecule has 2 rings (SSSR count). The van der Waals surface area contributed by atoms with E-state index >= 15 is 0 Å². The molecule has 2 N–H and O–H groups in total. The maximum absolute atomic E-state index is 5.64. The Morgan fingerprint density at radius 3 is 2.87 bits per heavy atom. The van der Waals surface area contributed by atoms with Gasteiger partial charge >= 0.3 is 0 Å². The number of anilines is 1. The summed E-state index contributed by atoms with van der Waals surface area (Å²) in [5.74, 6) is 0.795. The van der Waals surface area contributed by atoms with Crippen molar-refractivity contribution in [3.05, 3.63) is 17.3 Å². The van der Waals surface area contributed by atoms with Crippen LogP contribution in [-0.4, -0.2) is 29.3 Å². The summed E-state index contributed by atoms with van der Waals surface area (Å²) < 4.78 is 0. The van der Waals surface area contributed by atoms with E-state index in [1.807, 2.05) is 6.07 Å². The van der Waals surface area contributed by atoms with Crippen molar-refractivity contribution in [1.29, 1.82) is 0 Å². The molecule has 0 bridgehead atoms. The molecule has 0 aromatic carbocycles. The summed E-state index contributed by atoms with van der Waals surface area (Å²) in [6.07, 6.45) is 2.38. The van der Waals surface area contributed by atoms with Gasteiger partial charge in [0.25, 0.3) is 0 Å². The Hall–Kier alpha value is -0.580. The minimum absolute atomic E-state index is 0. The number of rotatable bonds is 2. The summed E-state index contributed by atoms with van der Waals surface area (Å²) >= 11 is 5.64. The SMILES string of the molecule is Cl.Clc1ccc(NC2CCCNC2)nn1. The molecule has 1 aromatic rings. The van der Waals surface area contributed by atoms with Crippen LogP contribution >= 0.6 is 24.0 Å². The number of hydrogen-bond donors (Lipinski definition) is 2. The van der Waals surface area contributed by atoms with Crippen molar-refractivity contribution in [1.82, 2.24) is 15.5 Å². The molecule has 1 atom stereocenters. The average molecular weight is 249 g/mol. The number of piperidine rings is 1. The van der Waals surface area contributed by atoms with Gasteiger partial charge in [-0.15, -0.1) is 22.6 Å². The predicted molar refractivity (Wildman–Crippen MR) is 63.8 cm³/mol. The molecule has 0 amide bonds. The van der Waals surface area contributed by atoms with Crippen LogP contribution in [0.5, 0.6) is 0 Å². The molecule has 1 aliphatic rings. The summed E-state index contributed by atoms with van der Waals surface area (Å²) in [6.45, 7) is 2.11. The Balaban J connectivity index is 0.00000112. The quantitative estimate of drug-likeness (QED) is 0.837. The fourth-order valence-electron chi connectivity index (χ4n) is 1.58. The van der Waals surface area contributed by atoms with Gasteiger partial charge < -0.3 is 10.6 Å². The summed E-state index contributed by atoms with van der Waals surface area (Å²) in [5.41, 5.74) is 0. The Labute approximate surface area is 100 Å². The molecule has 2 heterocycles. The number of aromatic nitrogens is 2. The molecule has 6 heteroatoms. The summed E-state index contributed by atoms with van der Waals surface area (Å²) in [6, 6.07) is 4.05. The molecule has 0 radical (unpaired) electrons. The first-order valence-corrected chi connectivity index (χ1v) is 5.19. The van der Waals surface area contributed by atoms with E-state index in [0.717, 1.165) is 18.9 Å². The molecule has 1 saturated heterocycles. The second-order valence-corrected chi connectivity index (χ2v) is 3.82. The molecule has 0 spiro atoms. The maximum Gasteiger partial charge on any atom is 0.151 e. The molecule has 0 saturated carbocycles. The van der Waals surface area contributed by atoms with E-state index in [0.29, 0.717) is 11.2 Å². The third-order valence-corrected chi connectivity index (χ3v) is 2.48. The molecular weight excluding hydrogens is 235 g/mol. The highest BCUT2D eigenvalue weighted by atomic mass is 35.5. The average Bonchev–Trinajstić information content (AvgIpc) is 2.23. The van der Waals surface area contributed by atoms with Crippen LogP contribution in [0.1, 0.15) is 12.8 Å². The first kappa shape index (κ1) is 12.5. The lowest BCUT2D eigenvalue weighted by atomic mass is 10.1. The standard InChI is InChI=1S/C9H13ClN4.ClH/c10-8-3-4-9(14-13-8)12-7-2-1-5-11-6-7;/h3-4,7,11H,1-2,5-6H2,(H,12,14);1H. The molecule has 4 nitrogen and oxygen atoms in total. The number of nitrogens with zero attached hydrogens (tertiary/aromatic N) is 2. The van der Waals surface area contributed by atoms with Crippen molar-refractivity contribution in [2.24, 2.45) is 0 Å². The van der Waals surface area contributed by atoms with Gasteiger partial charge in [0.05, 0.1) is 0 Å². The number of nitrogens with one attached hydrogen (secondary N) is 2. The molecular formula is C9H14Cl2N4. The summed E-state index contributed by atoms with van der Waals surface area (Å²) in [5, 5.41) is 14.8. The lowest BCUT2D eigenvalue weighted by Gasteiger charge is -2.23. The van der Waals surface area contributed by atoms with Crippen molar-refractivity contribution in [2.45, 2.75) is 18.9 Å². The highest BCUT2D eigenvalue weighted by Crippen LogP contribution is 2.10. The van der Waals surface area contributed by atoms with E-state index in [-0.39, 0.29) is 12.4 Å². The Morgan fingerprint density at radius 2 is 2.27 bits per heavy atom. The van der Waals surface area contributed by atoms with Gasteiger partial charge in [-0.3, -0.25) is 0 Å². The first-order valence-electron chi connectivity index (χ1n) is 4.81. The summed E-state index contributed by atoms with van der Waals surface area (Å²) in [7, 11) is 0. The van der Waals surface area contributed by atoms with Gasteiger partial charge in [-0.2, -0.15) is 0 Å². The first-order chi connectivity index (χ1) is 6.84. The summed E-state index contributed by atoms with van der Waals surface area (Å²) in [4.78, 5) is 0. The fraction of sp³-hybridized carbons (Fsp3) is 0.556. The van der Waals surface area contributed by atoms with Crippen LogP contribution in [0.2, 0.25) is 5.15 Å². The predicted octanol–water partition coefficient (Wildman–Crippen LogP) is 1.72. The van der Waals surface area contributed by atoms with Gasteiger partial charge in [0.15, 0.2) is 5.15 Å². The van der Waals surface area contributed by atoms with Crippen LogP contribution in [0.3, 0.4) is 0 Å². The van der Waals surface area contributed by atoms with Crippen molar-refractivity contribution >= 4 is 29.8 Å². The fourth-order valence-corrected chi connectivity index (χ4v) is 1.68. The smallest absolute Gasteiger partial charge is 0.151 e. The van der Waals surface area contributed by atoms with E-state index in [2.05, 4.69) is 20.8 Å². The van der Waals surface area contributed by atoms with Crippen molar-refractivity contribution < 1.29 is 0 Å². The van der Waals surface area contributed by atoms with Crippen molar-refractivity contribution in [3.63, 3.8) is 0 Å². The molecule has 1 unspecified atom stereocenters. The van der Waals surface area contributed by atoms with Crippen LogP contribution in [0.15, 0.2) is 12.1 Å². The Bertz CT molecular complexity index is 285. The monoisotopic (exact) mass is 248 g/mol. The molecule has 0 aliphatic carbocycles. The minimum atomic E-state index is 0. The Kier molecular flexibility index (Phi) is 5.08. The van der Waals surface area contributed by atoms with Crippen LogP contribution in [0.25, 0.3) is 0 Å². The van der Waals surface area contributed by atoms with Gasteiger partial charge in [-0.05, 0) is 31.5 Å². The van der Waals surface area contributed by atoms with Gasteiger partial charge in [0, 0.05) is 12.6 Å². The zero-order valence-corrected chi connectivity index (χ0v) is 9.81. The molecule has 84 valence electrons. The lowest BCUT2D eigenvalue weighted by molar-refractivity contribution is 0.478. The third kappa shape index (κ3) is 3.81. The van der Waals surface area contributed by atoms with Gasteiger partial charge in [-0.25, -0.2) is 0 Å². The van der Waals surface area contributed by atoms with Crippen LogP contribution in [0.4, 0.5) is 5.82 Å². The second kappa shape index (κ2) is 6.10. The molecule has 1 aliphatic heterocycles. The lowest BCUT2D eigenvalue weighted by Crippen LogP contribution is -2.38. The van der Waals surface area contributed by atoms with E-state index < -0.39 is 0 Å². The van der Waals surface area contributed by atoms with E-state index in [1.165, 1.54) is 12.8 Å². The molecule has 1 aromatic heterocycles. The van der Waals surface area contributed by atoms with Gasteiger partial charge in [0.2, 0.25) is 0 Å². The van der Waals surface area contributed by atoms with Crippen LogP contribution in [0, 0.1) is 0 Å². The minimum Gasteiger partial charge on any atom is -0.365 e. The van der Waals surface area contributed by atoms with Crippen LogP contribution < -0.4 is 10.6 Å². The largest absolute Gasteiger partial charge is 0.365 e. The number of hydrogen-bond acceptors (Lipinski definition) is 4. The van der Waals surface area contributed by atoms with Crippen molar-refractivity contribution in [2.75, 3.05) is 18.4 Å². The topological polar surface area (TPSA) is 49.8 Å². The van der Waals surface area contributed by atoms with E-state index in [1.54, 1.807) is 6.07 Å². The highest BCUT2D eigenvalue weighted by molar-refractivity contribution is 6.29. The Morgan fingerprint density at radius 1 is 1.40 bits per heavy atom. The van der Waals surface area contributed by atoms with E-state index in [4.69, 9.17) is 11.6 Å². The maximum atomic E-state index is 5.64. The molecule has 1 fully saturated rings.